The number of ether oxygens (including phenoxy) is 2. The minimum atomic E-state index is -0.515. The molecule has 0 aliphatic rings. The van der Waals surface area contributed by atoms with Crippen LogP contribution in [0.15, 0.2) is 41.6 Å². The molecule has 1 atom stereocenters. The standard InChI is InChI=1S/C24H28FN3O3S/c1-14(2)28-23(17(5)31-21-10-8-7-9-19(21)25)26-27-24(28)32-13-20(29)18-11-16(4)22(30-6)12-15(18)3/h7-12,14,17H,13H2,1-6H3. The molecular formula is C24H28FN3O3S. The fourth-order valence-electron chi connectivity index (χ4n) is 3.45. The molecule has 2 aromatic carbocycles. The van der Waals surface area contributed by atoms with E-state index in [1.54, 1.807) is 32.2 Å². The van der Waals surface area contributed by atoms with Crippen LogP contribution >= 0.6 is 11.8 Å². The molecule has 0 fully saturated rings. The van der Waals surface area contributed by atoms with E-state index >= 15 is 0 Å². The van der Waals surface area contributed by atoms with Gasteiger partial charge in [0.05, 0.1) is 12.9 Å². The van der Waals surface area contributed by atoms with Crippen molar-refractivity contribution >= 4 is 17.5 Å². The van der Waals surface area contributed by atoms with Crippen LogP contribution in [0.4, 0.5) is 4.39 Å². The zero-order valence-electron chi connectivity index (χ0n) is 19.2. The molecule has 1 unspecified atom stereocenters. The van der Waals surface area contributed by atoms with Crippen molar-refractivity contribution in [1.29, 1.82) is 0 Å². The third-order valence-corrected chi connectivity index (χ3v) is 6.03. The topological polar surface area (TPSA) is 66.2 Å². The number of hydrogen-bond acceptors (Lipinski definition) is 6. The maximum Gasteiger partial charge on any atom is 0.192 e. The molecule has 0 amide bonds. The van der Waals surface area contributed by atoms with Crippen molar-refractivity contribution in [1.82, 2.24) is 14.8 Å². The minimum Gasteiger partial charge on any atom is -0.496 e. The largest absolute Gasteiger partial charge is 0.496 e. The van der Waals surface area contributed by atoms with Crippen molar-refractivity contribution in [2.45, 2.75) is 51.9 Å². The number of ketones is 1. The Morgan fingerprint density at radius 3 is 2.47 bits per heavy atom. The van der Waals surface area contributed by atoms with Crippen LogP contribution in [0.1, 0.15) is 60.2 Å². The van der Waals surface area contributed by atoms with Crippen molar-refractivity contribution in [3.8, 4) is 11.5 Å². The van der Waals surface area contributed by atoms with Crippen molar-refractivity contribution in [2.24, 2.45) is 0 Å². The van der Waals surface area contributed by atoms with Gasteiger partial charge < -0.3 is 14.0 Å². The van der Waals surface area contributed by atoms with E-state index in [2.05, 4.69) is 10.2 Å². The highest BCUT2D eigenvalue weighted by Crippen LogP contribution is 2.30. The molecule has 0 bridgehead atoms. The number of nitrogens with zero attached hydrogens (tertiary/aromatic N) is 3. The highest BCUT2D eigenvalue weighted by atomic mass is 32.2. The van der Waals surface area contributed by atoms with E-state index in [1.807, 2.05) is 44.4 Å². The quantitative estimate of drug-likeness (QED) is 0.302. The molecule has 3 aromatic rings. The zero-order chi connectivity index (χ0) is 23.4. The Kier molecular flexibility index (Phi) is 7.56. The fourth-order valence-corrected chi connectivity index (χ4v) is 4.41. The molecule has 1 aromatic heterocycles. The summed E-state index contributed by atoms with van der Waals surface area (Å²) in [5.74, 6) is 1.30. The number of carbonyl (C=O) groups excluding carboxylic acids is 1. The van der Waals surface area contributed by atoms with Crippen LogP contribution in [-0.4, -0.2) is 33.4 Å². The van der Waals surface area contributed by atoms with E-state index in [0.717, 1.165) is 16.9 Å². The molecule has 0 N–H and O–H groups in total. The summed E-state index contributed by atoms with van der Waals surface area (Å²) in [6.07, 6.45) is -0.515. The number of Topliss-reactive ketones (excluding diaryl/α,β-unsaturated/α-hetero) is 1. The van der Waals surface area contributed by atoms with Gasteiger partial charge in [0.2, 0.25) is 0 Å². The van der Waals surface area contributed by atoms with Crippen molar-refractivity contribution in [3.63, 3.8) is 0 Å². The molecule has 8 heteroatoms. The second-order valence-electron chi connectivity index (χ2n) is 7.84. The fraction of sp³-hybridized carbons (Fsp3) is 0.375. The summed E-state index contributed by atoms with van der Waals surface area (Å²) in [6.45, 7) is 9.63. The Morgan fingerprint density at radius 2 is 1.81 bits per heavy atom. The molecular weight excluding hydrogens is 429 g/mol. The molecule has 3 rings (SSSR count). The third-order valence-electron chi connectivity index (χ3n) is 5.09. The Balaban J connectivity index is 1.78. The van der Waals surface area contributed by atoms with E-state index in [-0.39, 0.29) is 23.3 Å². The molecule has 0 radical (unpaired) electrons. The highest BCUT2D eigenvalue weighted by molar-refractivity contribution is 7.99. The lowest BCUT2D eigenvalue weighted by Crippen LogP contribution is -2.15. The summed E-state index contributed by atoms with van der Waals surface area (Å²) < 4.78 is 27.0. The van der Waals surface area contributed by atoms with Crippen LogP contribution in [0.3, 0.4) is 0 Å². The molecule has 0 spiro atoms. The number of hydrogen-bond donors (Lipinski definition) is 0. The average Bonchev–Trinajstić information content (AvgIpc) is 3.19. The van der Waals surface area contributed by atoms with E-state index in [1.165, 1.54) is 17.8 Å². The van der Waals surface area contributed by atoms with E-state index in [0.29, 0.717) is 16.5 Å². The number of para-hydroxylation sites is 1. The lowest BCUT2D eigenvalue weighted by Gasteiger charge is -2.19. The van der Waals surface area contributed by atoms with Crippen molar-refractivity contribution in [3.05, 3.63) is 64.7 Å². The third kappa shape index (κ3) is 5.12. The highest BCUT2D eigenvalue weighted by Gasteiger charge is 2.23. The van der Waals surface area contributed by atoms with E-state index in [9.17, 15) is 9.18 Å². The molecule has 0 aliphatic heterocycles. The average molecular weight is 458 g/mol. The molecule has 170 valence electrons. The maximum atomic E-state index is 14.0. The summed E-state index contributed by atoms with van der Waals surface area (Å²) >= 11 is 1.33. The summed E-state index contributed by atoms with van der Waals surface area (Å²) in [6, 6.07) is 10.0. The van der Waals surface area contributed by atoms with Crippen LogP contribution in [0.2, 0.25) is 0 Å². The van der Waals surface area contributed by atoms with Gasteiger partial charge >= 0.3 is 0 Å². The second kappa shape index (κ2) is 10.2. The van der Waals surface area contributed by atoms with Gasteiger partial charge in [-0.2, -0.15) is 0 Å². The zero-order valence-corrected chi connectivity index (χ0v) is 20.0. The first kappa shape index (κ1) is 23.8. The number of aryl methyl sites for hydroxylation is 2. The van der Waals surface area contributed by atoms with Crippen LogP contribution in [0, 0.1) is 19.7 Å². The predicted octanol–water partition coefficient (Wildman–Crippen LogP) is 5.74. The predicted molar refractivity (Wildman–Crippen MR) is 123 cm³/mol. The summed E-state index contributed by atoms with van der Waals surface area (Å²) in [7, 11) is 1.62. The molecule has 0 aliphatic carbocycles. The van der Waals surface area contributed by atoms with Gasteiger partial charge in [-0.3, -0.25) is 4.79 Å². The Hall–Kier alpha value is -2.87. The number of rotatable bonds is 9. The Labute approximate surface area is 192 Å². The van der Waals surface area contributed by atoms with Gasteiger partial charge in [-0.25, -0.2) is 4.39 Å². The van der Waals surface area contributed by atoms with Gasteiger partial charge in [-0.05, 0) is 70.0 Å². The molecule has 6 nitrogen and oxygen atoms in total. The van der Waals surface area contributed by atoms with Gasteiger partial charge in [0.15, 0.2) is 34.4 Å². The number of carbonyl (C=O) groups is 1. The lowest BCUT2D eigenvalue weighted by molar-refractivity contribution is 0.102. The minimum absolute atomic E-state index is 0.00812. The van der Waals surface area contributed by atoms with Gasteiger partial charge in [-0.1, -0.05) is 23.9 Å². The second-order valence-corrected chi connectivity index (χ2v) is 8.79. The van der Waals surface area contributed by atoms with Crippen molar-refractivity contribution < 1.29 is 18.7 Å². The number of halogens is 1. The molecule has 32 heavy (non-hydrogen) atoms. The first-order valence-electron chi connectivity index (χ1n) is 10.4. The van der Waals surface area contributed by atoms with Gasteiger partial charge in [0, 0.05) is 11.6 Å². The summed E-state index contributed by atoms with van der Waals surface area (Å²) in [5.41, 5.74) is 2.46. The lowest BCUT2D eigenvalue weighted by atomic mass is 10.0. The first-order valence-corrected chi connectivity index (χ1v) is 11.4. The number of thioether (sulfide) groups is 1. The van der Waals surface area contributed by atoms with Gasteiger partial charge in [-0.15, -0.1) is 10.2 Å². The smallest absolute Gasteiger partial charge is 0.192 e. The van der Waals surface area contributed by atoms with Gasteiger partial charge in [0.25, 0.3) is 0 Å². The van der Waals surface area contributed by atoms with E-state index in [4.69, 9.17) is 9.47 Å². The number of benzene rings is 2. The van der Waals surface area contributed by atoms with Crippen molar-refractivity contribution in [2.75, 3.05) is 12.9 Å². The number of methoxy groups -OCH3 is 1. The Morgan fingerprint density at radius 1 is 1.09 bits per heavy atom. The van der Waals surface area contributed by atoms with Crippen LogP contribution in [0.5, 0.6) is 11.5 Å². The SMILES string of the molecule is COc1cc(C)c(C(=O)CSc2nnc(C(C)Oc3ccccc3F)n2C(C)C)cc1C. The Bertz CT molecular complexity index is 1110. The monoisotopic (exact) mass is 457 g/mol. The number of aromatic nitrogens is 3. The summed E-state index contributed by atoms with van der Waals surface area (Å²) in [5, 5.41) is 9.19. The molecule has 1 heterocycles. The van der Waals surface area contributed by atoms with Crippen LogP contribution in [0.25, 0.3) is 0 Å². The van der Waals surface area contributed by atoms with E-state index < -0.39 is 11.9 Å². The van der Waals surface area contributed by atoms with Crippen LogP contribution in [-0.2, 0) is 0 Å². The first-order chi connectivity index (χ1) is 15.2. The normalized spacial score (nSPS) is 12.1. The molecule has 0 saturated carbocycles. The summed E-state index contributed by atoms with van der Waals surface area (Å²) in [4.78, 5) is 12.9. The van der Waals surface area contributed by atoms with Gasteiger partial charge in [0.1, 0.15) is 5.75 Å². The van der Waals surface area contributed by atoms with Crippen LogP contribution < -0.4 is 9.47 Å². The maximum absolute atomic E-state index is 14.0. The molecule has 0 saturated heterocycles.